The number of nitrogens with zero attached hydrogens (tertiary/aromatic N) is 1. The number of methoxy groups -OCH3 is 1. The predicted molar refractivity (Wildman–Crippen MR) is 93.6 cm³/mol. The van der Waals surface area contributed by atoms with E-state index in [1.165, 1.54) is 7.11 Å². The smallest absolute Gasteiger partial charge is 0.317 e. The number of carbonyl (C=O) groups is 2. The average molecular weight is 370 g/mol. The third-order valence-corrected chi connectivity index (χ3v) is 6.17. The van der Waals surface area contributed by atoms with Crippen LogP contribution < -0.4 is 0 Å². The SMILES string of the molecule is COC(=O)C1CN2C3CC[C@@H]2C[C@H](c2ccc(Cl)cc2)C3C1=O.Cl. The van der Waals surface area contributed by atoms with Crippen molar-refractivity contribution < 1.29 is 14.3 Å². The molecule has 1 aromatic carbocycles. The molecule has 1 aromatic rings. The Morgan fingerprint density at radius 1 is 1.25 bits per heavy atom. The van der Waals surface area contributed by atoms with E-state index in [1.54, 1.807) is 0 Å². The number of ether oxygens (including phenoxy) is 1. The van der Waals surface area contributed by atoms with Gasteiger partial charge in [0.05, 0.1) is 7.11 Å². The summed E-state index contributed by atoms with van der Waals surface area (Å²) >= 11 is 6.00. The number of piperidine rings is 2. The summed E-state index contributed by atoms with van der Waals surface area (Å²) in [6, 6.07) is 8.57. The molecular weight excluding hydrogens is 349 g/mol. The van der Waals surface area contributed by atoms with Gasteiger partial charge in [-0.2, -0.15) is 0 Å². The average Bonchev–Trinajstić information content (AvgIpc) is 2.83. The highest BCUT2D eigenvalue weighted by molar-refractivity contribution is 6.30. The van der Waals surface area contributed by atoms with Crippen LogP contribution in [0.4, 0.5) is 0 Å². The van der Waals surface area contributed by atoms with Gasteiger partial charge in [0.15, 0.2) is 5.78 Å². The van der Waals surface area contributed by atoms with Crippen LogP contribution in [0.1, 0.15) is 30.7 Å². The maximum atomic E-state index is 13.0. The third kappa shape index (κ3) is 2.65. The lowest BCUT2D eigenvalue weighted by molar-refractivity contribution is -0.158. The van der Waals surface area contributed by atoms with Crippen LogP contribution in [0.25, 0.3) is 0 Å². The monoisotopic (exact) mass is 369 g/mol. The van der Waals surface area contributed by atoms with Gasteiger partial charge in [-0.15, -0.1) is 12.4 Å². The van der Waals surface area contributed by atoms with Crippen molar-refractivity contribution in [3.05, 3.63) is 34.9 Å². The molecule has 0 radical (unpaired) electrons. The molecule has 3 aliphatic heterocycles. The van der Waals surface area contributed by atoms with Crippen molar-refractivity contribution in [3.63, 3.8) is 0 Å². The Morgan fingerprint density at radius 3 is 2.62 bits per heavy atom. The highest BCUT2D eigenvalue weighted by Gasteiger charge is 2.56. The van der Waals surface area contributed by atoms with Crippen molar-refractivity contribution in [2.75, 3.05) is 13.7 Å². The highest BCUT2D eigenvalue weighted by Crippen LogP contribution is 2.50. The van der Waals surface area contributed by atoms with Crippen molar-refractivity contribution in [3.8, 4) is 0 Å². The van der Waals surface area contributed by atoms with E-state index in [-0.39, 0.29) is 42.0 Å². The summed E-state index contributed by atoms with van der Waals surface area (Å²) in [4.78, 5) is 27.5. The fourth-order valence-corrected chi connectivity index (χ4v) is 5.03. The largest absolute Gasteiger partial charge is 0.468 e. The van der Waals surface area contributed by atoms with Crippen molar-refractivity contribution in [2.24, 2.45) is 11.8 Å². The van der Waals surface area contributed by atoms with Crippen LogP contribution >= 0.6 is 24.0 Å². The van der Waals surface area contributed by atoms with Gasteiger partial charge in [-0.05, 0) is 42.9 Å². The van der Waals surface area contributed by atoms with Gasteiger partial charge in [-0.3, -0.25) is 14.5 Å². The van der Waals surface area contributed by atoms with E-state index in [0.717, 1.165) is 24.8 Å². The number of halogens is 2. The van der Waals surface area contributed by atoms with Crippen molar-refractivity contribution >= 4 is 35.8 Å². The molecule has 0 spiro atoms. The zero-order chi connectivity index (χ0) is 16.1. The molecule has 6 heteroatoms. The van der Waals surface area contributed by atoms with Gasteiger partial charge in [-0.1, -0.05) is 23.7 Å². The number of Topliss-reactive ketones (excluding diaryl/α,β-unsaturated/α-hetero) is 1. The Labute approximate surface area is 152 Å². The molecule has 3 heterocycles. The van der Waals surface area contributed by atoms with Crippen LogP contribution in [0.15, 0.2) is 24.3 Å². The summed E-state index contributed by atoms with van der Waals surface area (Å²) in [5, 5.41) is 0.705. The number of hydrogen-bond donors (Lipinski definition) is 0. The standard InChI is InChI=1S/C18H20ClNO3.ClH/c1-23-18(22)14-9-20-12-6-7-15(20)16(17(14)21)13(8-12)10-2-4-11(19)5-3-10;/h2-5,12-16H,6-9H2,1H3;1H/t12-,13-,14?,15?,16?;/m1./s1. The van der Waals surface area contributed by atoms with E-state index in [9.17, 15) is 9.59 Å². The number of hydrogen-bond acceptors (Lipinski definition) is 4. The van der Waals surface area contributed by atoms with Gasteiger partial charge in [-0.25, -0.2) is 0 Å². The molecule has 0 N–H and O–H groups in total. The molecule has 130 valence electrons. The maximum Gasteiger partial charge on any atom is 0.317 e. The number of esters is 1. The van der Waals surface area contributed by atoms with Crippen LogP contribution in [0, 0.1) is 11.8 Å². The van der Waals surface area contributed by atoms with Crippen LogP contribution in [-0.2, 0) is 14.3 Å². The summed E-state index contributed by atoms with van der Waals surface area (Å²) in [6.07, 6.45) is 3.16. The number of carbonyl (C=O) groups excluding carboxylic acids is 2. The summed E-state index contributed by atoms with van der Waals surface area (Å²) < 4.78 is 4.87. The van der Waals surface area contributed by atoms with Crippen LogP contribution in [0.3, 0.4) is 0 Å². The van der Waals surface area contributed by atoms with E-state index in [0.29, 0.717) is 17.6 Å². The van der Waals surface area contributed by atoms with Gasteiger partial charge in [0, 0.05) is 29.6 Å². The minimum atomic E-state index is -0.628. The second kappa shape index (κ2) is 6.66. The summed E-state index contributed by atoms with van der Waals surface area (Å²) in [5.74, 6) is -0.870. The number of rotatable bonds is 2. The van der Waals surface area contributed by atoms with Gasteiger partial charge < -0.3 is 4.74 Å². The van der Waals surface area contributed by atoms with E-state index < -0.39 is 5.92 Å². The number of ketones is 1. The number of benzene rings is 1. The van der Waals surface area contributed by atoms with Crippen molar-refractivity contribution in [1.82, 2.24) is 4.90 Å². The fraction of sp³-hybridized carbons (Fsp3) is 0.556. The quantitative estimate of drug-likeness (QED) is 0.593. The molecule has 0 saturated carbocycles. The Balaban J connectivity index is 0.00000169. The lowest BCUT2D eigenvalue weighted by Gasteiger charge is -2.49. The summed E-state index contributed by atoms with van der Waals surface area (Å²) in [6.45, 7) is 0.532. The fourth-order valence-electron chi connectivity index (χ4n) is 4.90. The summed E-state index contributed by atoms with van der Waals surface area (Å²) in [5.41, 5.74) is 1.16. The molecule has 3 fully saturated rings. The Kier molecular flexibility index (Phi) is 4.92. The van der Waals surface area contributed by atoms with E-state index in [4.69, 9.17) is 16.3 Å². The maximum absolute atomic E-state index is 13.0. The van der Waals surface area contributed by atoms with Gasteiger partial charge in [0.2, 0.25) is 0 Å². The topological polar surface area (TPSA) is 46.6 Å². The first-order chi connectivity index (χ1) is 11.1. The highest BCUT2D eigenvalue weighted by atomic mass is 35.5. The lowest BCUT2D eigenvalue weighted by atomic mass is 9.68. The Bertz CT molecular complexity index is 648. The zero-order valence-corrected chi connectivity index (χ0v) is 15.1. The first-order valence-corrected chi connectivity index (χ1v) is 8.60. The normalized spacial score (nSPS) is 36.8. The Morgan fingerprint density at radius 2 is 1.96 bits per heavy atom. The predicted octanol–water partition coefficient (Wildman–Crippen LogP) is 3.07. The first-order valence-electron chi connectivity index (χ1n) is 8.23. The van der Waals surface area contributed by atoms with Crippen LogP contribution in [-0.4, -0.2) is 42.4 Å². The van der Waals surface area contributed by atoms with Gasteiger partial charge in [0.25, 0.3) is 0 Å². The zero-order valence-electron chi connectivity index (χ0n) is 13.5. The van der Waals surface area contributed by atoms with Gasteiger partial charge >= 0.3 is 5.97 Å². The molecule has 0 aromatic heterocycles. The minimum absolute atomic E-state index is 0. The van der Waals surface area contributed by atoms with Crippen molar-refractivity contribution in [1.29, 1.82) is 0 Å². The molecule has 3 aliphatic rings. The molecule has 0 amide bonds. The lowest BCUT2D eigenvalue weighted by Crippen LogP contribution is -2.60. The molecule has 4 unspecified atom stereocenters. The molecule has 4 rings (SSSR count). The molecule has 0 aliphatic carbocycles. The van der Waals surface area contributed by atoms with Crippen LogP contribution in [0.5, 0.6) is 0 Å². The van der Waals surface area contributed by atoms with Gasteiger partial charge in [0.1, 0.15) is 5.92 Å². The third-order valence-electron chi connectivity index (χ3n) is 5.91. The molecule has 4 nitrogen and oxygen atoms in total. The minimum Gasteiger partial charge on any atom is -0.468 e. The van der Waals surface area contributed by atoms with E-state index >= 15 is 0 Å². The molecule has 24 heavy (non-hydrogen) atoms. The van der Waals surface area contributed by atoms with E-state index in [1.807, 2.05) is 24.3 Å². The van der Waals surface area contributed by atoms with E-state index in [2.05, 4.69) is 4.90 Å². The molecular formula is C18H21Cl2NO3. The molecule has 3 saturated heterocycles. The Hall–Kier alpha value is -1.10. The second-order valence-electron chi connectivity index (χ2n) is 6.89. The van der Waals surface area contributed by atoms with Crippen LogP contribution in [0.2, 0.25) is 5.02 Å². The molecule has 6 atom stereocenters. The van der Waals surface area contributed by atoms with Crippen molar-refractivity contribution in [2.45, 2.75) is 37.3 Å². The molecule has 4 bridgehead atoms. The first kappa shape index (κ1) is 17.7. The second-order valence-corrected chi connectivity index (χ2v) is 7.33. The summed E-state index contributed by atoms with van der Waals surface area (Å²) in [7, 11) is 1.36.